The van der Waals surface area contributed by atoms with Crippen LogP contribution in [0.25, 0.3) is 0 Å². The van der Waals surface area contributed by atoms with Crippen molar-refractivity contribution < 1.29 is 19.1 Å². The highest BCUT2D eigenvalue weighted by molar-refractivity contribution is 7.12. The number of hydrogen-bond donors (Lipinski definition) is 3. The van der Waals surface area contributed by atoms with Crippen LogP contribution in [0.5, 0.6) is 5.75 Å². The van der Waals surface area contributed by atoms with Crippen LogP contribution in [0.1, 0.15) is 40.9 Å². The van der Waals surface area contributed by atoms with Gasteiger partial charge in [-0.25, -0.2) is 0 Å². The quantitative estimate of drug-likeness (QED) is 0.451. The molecule has 3 N–H and O–H groups in total. The molecule has 1 saturated carbocycles. The Morgan fingerprint density at radius 2 is 1.80 bits per heavy atom. The van der Waals surface area contributed by atoms with Crippen molar-refractivity contribution in [3.63, 3.8) is 0 Å². The van der Waals surface area contributed by atoms with E-state index in [1.165, 1.54) is 11.3 Å². The molecule has 1 aliphatic rings. The summed E-state index contributed by atoms with van der Waals surface area (Å²) in [5.74, 6) is 0.442. The van der Waals surface area contributed by atoms with E-state index >= 15 is 0 Å². The van der Waals surface area contributed by atoms with Gasteiger partial charge >= 0.3 is 0 Å². The fourth-order valence-electron chi connectivity index (χ4n) is 2.78. The number of rotatable bonds is 12. The van der Waals surface area contributed by atoms with Crippen molar-refractivity contribution in [3.8, 4) is 5.75 Å². The molecule has 0 unspecified atom stereocenters. The van der Waals surface area contributed by atoms with E-state index in [-0.39, 0.29) is 24.3 Å². The Kier molecular flexibility index (Phi) is 8.26. The van der Waals surface area contributed by atoms with Crippen LogP contribution in [0.2, 0.25) is 0 Å². The van der Waals surface area contributed by atoms with E-state index in [0.717, 1.165) is 18.4 Å². The number of hydrogen-bond acceptors (Lipinski definition) is 5. The Labute approximate surface area is 180 Å². The van der Waals surface area contributed by atoms with Crippen LogP contribution >= 0.6 is 11.3 Å². The average Bonchev–Trinajstić information content (AvgIpc) is 3.38. The van der Waals surface area contributed by atoms with Crippen LogP contribution in [-0.2, 0) is 16.0 Å². The molecule has 0 spiro atoms. The summed E-state index contributed by atoms with van der Waals surface area (Å²) in [6, 6.07) is 11.5. The van der Waals surface area contributed by atoms with Gasteiger partial charge in [0.05, 0.1) is 4.88 Å². The molecule has 0 radical (unpaired) electrons. The minimum absolute atomic E-state index is 0.0259. The SMILES string of the molecule is O=C(CCCNC(=O)c1cccs1)NCCc1ccc(OCC(=O)NC2CC2)cc1. The highest BCUT2D eigenvalue weighted by atomic mass is 32.1. The van der Waals surface area contributed by atoms with Crippen LogP contribution in [-0.4, -0.2) is 43.5 Å². The van der Waals surface area contributed by atoms with Gasteiger partial charge in [0.15, 0.2) is 6.61 Å². The third kappa shape index (κ3) is 7.87. The molecule has 0 atom stereocenters. The number of carbonyl (C=O) groups excluding carboxylic acids is 3. The smallest absolute Gasteiger partial charge is 0.261 e. The second-order valence-corrected chi connectivity index (χ2v) is 8.16. The zero-order chi connectivity index (χ0) is 21.2. The van der Waals surface area contributed by atoms with Crippen LogP contribution in [0, 0.1) is 0 Å². The van der Waals surface area contributed by atoms with E-state index in [1.807, 2.05) is 35.7 Å². The third-order valence-electron chi connectivity index (χ3n) is 4.58. The molecule has 0 bridgehead atoms. The number of carbonyl (C=O) groups is 3. The maximum absolute atomic E-state index is 11.9. The molecule has 1 aromatic heterocycles. The Bertz CT molecular complexity index is 833. The summed E-state index contributed by atoms with van der Waals surface area (Å²) in [6.45, 7) is 1.05. The summed E-state index contributed by atoms with van der Waals surface area (Å²) in [6.07, 6.45) is 3.80. The van der Waals surface area contributed by atoms with Crippen LogP contribution < -0.4 is 20.7 Å². The normalized spacial score (nSPS) is 12.8. The molecule has 2 aromatic rings. The third-order valence-corrected chi connectivity index (χ3v) is 5.45. The van der Waals surface area contributed by atoms with Crippen molar-refractivity contribution in [2.24, 2.45) is 0 Å². The van der Waals surface area contributed by atoms with E-state index in [9.17, 15) is 14.4 Å². The number of ether oxygens (including phenoxy) is 1. The predicted octanol–water partition coefficient (Wildman–Crippen LogP) is 2.27. The zero-order valence-corrected chi connectivity index (χ0v) is 17.6. The van der Waals surface area contributed by atoms with Gasteiger partial charge in [-0.2, -0.15) is 0 Å². The lowest BCUT2D eigenvalue weighted by Crippen LogP contribution is -2.30. The molecule has 7 nitrogen and oxygen atoms in total. The first kappa shape index (κ1) is 21.8. The Morgan fingerprint density at radius 1 is 1.00 bits per heavy atom. The number of benzene rings is 1. The van der Waals surface area contributed by atoms with Crippen molar-refractivity contribution in [1.82, 2.24) is 16.0 Å². The van der Waals surface area contributed by atoms with E-state index in [4.69, 9.17) is 4.74 Å². The van der Waals surface area contributed by atoms with E-state index in [0.29, 0.717) is 49.0 Å². The molecule has 0 aliphatic heterocycles. The minimum Gasteiger partial charge on any atom is -0.484 e. The lowest BCUT2D eigenvalue weighted by Gasteiger charge is -2.08. The van der Waals surface area contributed by atoms with E-state index in [2.05, 4.69) is 16.0 Å². The van der Waals surface area contributed by atoms with Gasteiger partial charge in [-0.1, -0.05) is 18.2 Å². The molecule has 1 heterocycles. The largest absolute Gasteiger partial charge is 0.484 e. The standard InChI is InChI=1S/C22H27N3O4S/c26-20(4-1-12-24-22(28)19-3-2-14-30-19)23-13-11-16-5-9-18(10-6-16)29-15-21(27)25-17-7-8-17/h2-3,5-6,9-10,14,17H,1,4,7-8,11-13,15H2,(H,23,26)(H,24,28)(H,25,27). The molecule has 1 fully saturated rings. The van der Waals surface area contributed by atoms with Gasteiger partial charge in [0.25, 0.3) is 11.8 Å². The van der Waals surface area contributed by atoms with Crippen molar-refractivity contribution in [1.29, 1.82) is 0 Å². The van der Waals surface area contributed by atoms with Crippen LogP contribution in [0.3, 0.4) is 0 Å². The fraction of sp³-hybridized carbons (Fsp3) is 0.409. The highest BCUT2D eigenvalue weighted by Gasteiger charge is 2.23. The first-order valence-corrected chi connectivity index (χ1v) is 11.1. The van der Waals surface area contributed by atoms with Gasteiger partial charge in [0, 0.05) is 25.6 Å². The average molecular weight is 430 g/mol. The molecule has 8 heteroatoms. The summed E-state index contributed by atoms with van der Waals surface area (Å²) in [5, 5.41) is 10.4. The molecule has 1 aliphatic carbocycles. The van der Waals surface area contributed by atoms with E-state index < -0.39 is 0 Å². The second kappa shape index (κ2) is 11.3. The molecule has 160 valence electrons. The summed E-state index contributed by atoms with van der Waals surface area (Å²) in [4.78, 5) is 36.0. The lowest BCUT2D eigenvalue weighted by atomic mass is 10.1. The fourth-order valence-corrected chi connectivity index (χ4v) is 3.42. The highest BCUT2D eigenvalue weighted by Crippen LogP contribution is 2.18. The molecule has 3 rings (SSSR count). The Balaban J connectivity index is 1.24. The number of nitrogens with one attached hydrogen (secondary N) is 3. The monoisotopic (exact) mass is 429 g/mol. The Hall–Kier alpha value is -2.87. The van der Waals surface area contributed by atoms with Crippen LogP contribution in [0.15, 0.2) is 41.8 Å². The van der Waals surface area contributed by atoms with Crippen molar-refractivity contribution in [2.45, 2.75) is 38.1 Å². The molecule has 1 aromatic carbocycles. The van der Waals surface area contributed by atoms with Crippen molar-refractivity contribution in [2.75, 3.05) is 19.7 Å². The van der Waals surface area contributed by atoms with Gasteiger partial charge in [-0.05, 0) is 54.8 Å². The maximum atomic E-state index is 11.9. The molecular weight excluding hydrogens is 402 g/mol. The number of thiophene rings is 1. The molecular formula is C22H27N3O4S. The van der Waals surface area contributed by atoms with Crippen molar-refractivity contribution in [3.05, 3.63) is 52.2 Å². The molecule has 0 saturated heterocycles. The maximum Gasteiger partial charge on any atom is 0.261 e. The first-order chi connectivity index (χ1) is 14.6. The minimum atomic E-state index is -0.0959. The molecule has 30 heavy (non-hydrogen) atoms. The van der Waals surface area contributed by atoms with Gasteiger partial charge in [-0.3, -0.25) is 14.4 Å². The van der Waals surface area contributed by atoms with Gasteiger partial charge in [0.1, 0.15) is 5.75 Å². The van der Waals surface area contributed by atoms with Gasteiger partial charge in [0.2, 0.25) is 5.91 Å². The summed E-state index contributed by atoms with van der Waals surface area (Å²) in [5.41, 5.74) is 1.08. The zero-order valence-electron chi connectivity index (χ0n) is 16.8. The van der Waals surface area contributed by atoms with E-state index in [1.54, 1.807) is 6.07 Å². The van der Waals surface area contributed by atoms with Crippen LogP contribution in [0.4, 0.5) is 0 Å². The Morgan fingerprint density at radius 3 is 2.50 bits per heavy atom. The lowest BCUT2D eigenvalue weighted by molar-refractivity contribution is -0.123. The summed E-state index contributed by atoms with van der Waals surface area (Å²) in [7, 11) is 0. The predicted molar refractivity (Wildman–Crippen MR) is 116 cm³/mol. The van der Waals surface area contributed by atoms with Crippen molar-refractivity contribution >= 4 is 29.1 Å². The molecule has 3 amide bonds. The first-order valence-electron chi connectivity index (χ1n) is 10.2. The number of amides is 3. The summed E-state index contributed by atoms with van der Waals surface area (Å²) >= 11 is 1.40. The second-order valence-electron chi connectivity index (χ2n) is 7.21. The summed E-state index contributed by atoms with van der Waals surface area (Å²) < 4.78 is 5.48. The topological polar surface area (TPSA) is 96.5 Å². The van der Waals surface area contributed by atoms with Gasteiger partial charge < -0.3 is 20.7 Å². The van der Waals surface area contributed by atoms with Gasteiger partial charge in [-0.15, -0.1) is 11.3 Å².